The number of anilines is 2. The third-order valence-corrected chi connectivity index (χ3v) is 5.18. The first-order chi connectivity index (χ1) is 14.5. The molecule has 15 heteroatoms. The van der Waals surface area contributed by atoms with Gasteiger partial charge in [-0.25, -0.2) is 13.1 Å². The van der Waals surface area contributed by atoms with Crippen LogP contribution in [0.3, 0.4) is 0 Å². The molecule has 0 radical (unpaired) electrons. The predicted molar refractivity (Wildman–Crippen MR) is 110 cm³/mol. The molecule has 2 rings (SSSR count). The molecule has 3 amide bonds. The van der Waals surface area contributed by atoms with Gasteiger partial charge in [-0.15, -0.1) is 0 Å². The van der Waals surface area contributed by atoms with Crippen molar-refractivity contribution in [2.45, 2.75) is 4.90 Å². The number of aromatic nitrogens is 2. The molecule has 1 heterocycles. The van der Waals surface area contributed by atoms with Crippen molar-refractivity contribution in [2.24, 2.45) is 5.73 Å². The molecule has 0 saturated carbocycles. The molecule has 0 aliphatic carbocycles. The largest absolute Gasteiger partial charge is 1.00 e. The van der Waals surface area contributed by atoms with Crippen molar-refractivity contribution in [3.63, 3.8) is 0 Å². The number of sulfonamides is 1. The second-order valence-corrected chi connectivity index (χ2v) is 7.76. The topological polar surface area (TPSA) is 183 Å². The molecule has 1 aromatic heterocycles. The minimum absolute atomic E-state index is 0. The van der Waals surface area contributed by atoms with Crippen molar-refractivity contribution in [1.29, 1.82) is 0 Å². The van der Waals surface area contributed by atoms with E-state index in [-0.39, 0.29) is 54.8 Å². The van der Waals surface area contributed by atoms with Crippen LogP contribution in [0, 0.1) is 0 Å². The van der Waals surface area contributed by atoms with E-state index in [1.165, 1.54) is 34.4 Å². The van der Waals surface area contributed by atoms with Crippen molar-refractivity contribution in [2.75, 3.05) is 38.4 Å². The fraction of sp³-hybridized carbons (Fsp3) is 0.235. The van der Waals surface area contributed by atoms with Gasteiger partial charge in [0.1, 0.15) is 4.90 Å². The molecule has 0 bridgehead atoms. The second kappa shape index (κ2) is 11.1. The van der Waals surface area contributed by atoms with E-state index in [9.17, 15) is 22.8 Å². The van der Waals surface area contributed by atoms with Crippen LogP contribution in [-0.4, -0.2) is 69.8 Å². The SMILES string of the molecule is COc1cc(OC)nc(NS(=O)(=O)c2cc(NC=O)cc(C(N)=O)c2C(=O)N(C)C)n1.[H-].[Na+]. The number of amides is 3. The second-order valence-electron chi connectivity index (χ2n) is 6.10. The number of nitrogens with two attached hydrogens (primary N) is 1. The number of hydrogen-bond donors (Lipinski definition) is 3. The van der Waals surface area contributed by atoms with E-state index >= 15 is 0 Å². The van der Waals surface area contributed by atoms with Crippen molar-refractivity contribution < 1.29 is 63.3 Å². The summed E-state index contributed by atoms with van der Waals surface area (Å²) in [5, 5.41) is 2.23. The van der Waals surface area contributed by atoms with Gasteiger partial charge in [-0.1, -0.05) is 0 Å². The maximum atomic E-state index is 13.2. The summed E-state index contributed by atoms with van der Waals surface area (Å²) in [6.07, 6.45) is 0.271. The molecule has 2 aromatic rings. The Morgan fingerprint density at radius 1 is 1.12 bits per heavy atom. The summed E-state index contributed by atoms with van der Waals surface area (Å²) in [6.45, 7) is 0. The maximum absolute atomic E-state index is 13.2. The molecule has 0 aliphatic heterocycles. The van der Waals surface area contributed by atoms with Crippen molar-refractivity contribution >= 4 is 39.9 Å². The number of primary amides is 1. The Morgan fingerprint density at radius 3 is 2.12 bits per heavy atom. The van der Waals surface area contributed by atoms with Gasteiger partial charge in [-0.3, -0.25) is 14.4 Å². The minimum atomic E-state index is -4.57. The van der Waals surface area contributed by atoms with Crippen LogP contribution >= 0.6 is 0 Å². The molecule has 0 atom stereocenters. The molecular weight excluding hydrogens is 455 g/mol. The molecule has 0 aliphatic rings. The summed E-state index contributed by atoms with van der Waals surface area (Å²) in [4.78, 5) is 43.7. The molecule has 0 unspecified atom stereocenters. The van der Waals surface area contributed by atoms with Crippen LogP contribution in [0.4, 0.5) is 11.6 Å². The van der Waals surface area contributed by atoms with Gasteiger partial charge in [-0.2, -0.15) is 9.97 Å². The fourth-order valence-electron chi connectivity index (χ4n) is 2.45. The maximum Gasteiger partial charge on any atom is 1.00 e. The average molecular weight is 476 g/mol. The van der Waals surface area contributed by atoms with Crippen LogP contribution in [-0.2, 0) is 14.8 Å². The Balaban J connectivity index is 0.00000512. The number of nitrogens with zero attached hydrogens (tertiary/aromatic N) is 3. The van der Waals surface area contributed by atoms with Crippen LogP contribution in [0.2, 0.25) is 0 Å². The van der Waals surface area contributed by atoms with Gasteiger partial charge in [0.05, 0.1) is 31.4 Å². The van der Waals surface area contributed by atoms with E-state index in [1.807, 2.05) is 0 Å². The number of carbonyl (C=O) groups excluding carboxylic acids is 3. The van der Waals surface area contributed by atoms with Gasteiger partial charge in [0, 0.05) is 19.8 Å². The van der Waals surface area contributed by atoms with Crippen molar-refractivity contribution in [1.82, 2.24) is 14.9 Å². The van der Waals surface area contributed by atoms with Crippen LogP contribution in [0.5, 0.6) is 11.8 Å². The van der Waals surface area contributed by atoms with E-state index in [1.54, 1.807) is 0 Å². The Morgan fingerprint density at radius 2 is 1.69 bits per heavy atom. The molecule has 1 aromatic carbocycles. The van der Waals surface area contributed by atoms with E-state index in [4.69, 9.17) is 15.2 Å². The zero-order valence-corrected chi connectivity index (χ0v) is 20.8. The molecule has 0 spiro atoms. The third kappa shape index (κ3) is 6.06. The molecule has 32 heavy (non-hydrogen) atoms. The number of rotatable bonds is 9. The van der Waals surface area contributed by atoms with Gasteiger partial charge >= 0.3 is 29.6 Å². The monoisotopic (exact) mass is 476 g/mol. The van der Waals surface area contributed by atoms with E-state index in [2.05, 4.69) is 20.0 Å². The van der Waals surface area contributed by atoms with Crippen LogP contribution < -0.4 is 54.8 Å². The zero-order valence-electron chi connectivity index (χ0n) is 19.0. The van der Waals surface area contributed by atoms with E-state index < -0.39 is 43.8 Å². The van der Waals surface area contributed by atoms with Crippen molar-refractivity contribution in [3.8, 4) is 11.8 Å². The first-order valence-electron chi connectivity index (χ1n) is 8.43. The summed E-state index contributed by atoms with van der Waals surface area (Å²) in [7, 11) is 0.779. The number of ether oxygens (including phenoxy) is 2. The molecule has 4 N–H and O–H groups in total. The smallest absolute Gasteiger partial charge is 1.00 e. The van der Waals surface area contributed by atoms with Crippen LogP contribution in [0.15, 0.2) is 23.1 Å². The molecule has 13 nitrogen and oxygen atoms in total. The van der Waals surface area contributed by atoms with Crippen LogP contribution in [0.25, 0.3) is 0 Å². The summed E-state index contributed by atoms with van der Waals surface area (Å²) in [5.41, 5.74) is 4.38. The third-order valence-electron chi connectivity index (χ3n) is 3.83. The molecular formula is C17H21N6NaO7S. The Bertz CT molecular complexity index is 1120. The normalized spacial score (nSPS) is 10.4. The average Bonchev–Trinajstić information content (AvgIpc) is 2.71. The number of hydrogen-bond acceptors (Lipinski definition) is 9. The molecule has 0 fully saturated rings. The summed E-state index contributed by atoms with van der Waals surface area (Å²) < 4.78 is 38.4. The Hall–Kier alpha value is -2.94. The van der Waals surface area contributed by atoms with Gasteiger partial charge < -0.3 is 26.9 Å². The summed E-state index contributed by atoms with van der Waals surface area (Å²) >= 11 is 0. The predicted octanol–water partition coefficient (Wildman–Crippen LogP) is -3.22. The molecule has 0 saturated heterocycles. The summed E-state index contributed by atoms with van der Waals surface area (Å²) in [5.74, 6) is -2.30. The number of nitrogens with one attached hydrogen (secondary N) is 2. The van der Waals surface area contributed by atoms with E-state index in [0.29, 0.717) is 0 Å². The van der Waals surface area contributed by atoms with Gasteiger partial charge in [-0.05, 0) is 12.1 Å². The van der Waals surface area contributed by atoms with Gasteiger partial charge in [0.15, 0.2) is 0 Å². The first kappa shape index (κ1) is 27.1. The summed E-state index contributed by atoms with van der Waals surface area (Å²) in [6, 6.07) is 3.41. The fourth-order valence-corrected chi connectivity index (χ4v) is 3.64. The zero-order chi connectivity index (χ0) is 23.3. The van der Waals surface area contributed by atoms with E-state index in [0.717, 1.165) is 17.0 Å². The molecule has 168 valence electrons. The standard InChI is InChI=1S/C17H20N6O7S.Na.H/c1-23(2)16(26)14-10(15(18)25)5-9(19-8-24)6-11(14)31(27,28)22-17-20-12(29-3)7-13(21-17)30-4;;/h5-8H,1-4H3,(H2,18,25)(H,19,24)(H,20,21,22);;/q;+1;-1. The van der Waals surface area contributed by atoms with Crippen molar-refractivity contribution in [3.05, 3.63) is 29.3 Å². The Labute approximate surface area is 207 Å². The quantitative estimate of drug-likeness (QED) is 0.248. The number of methoxy groups -OCH3 is 2. The number of benzene rings is 1. The van der Waals surface area contributed by atoms with Gasteiger partial charge in [0.25, 0.3) is 15.9 Å². The Kier molecular flexibility index (Phi) is 9.38. The van der Waals surface area contributed by atoms with Crippen LogP contribution in [0.1, 0.15) is 22.1 Å². The first-order valence-corrected chi connectivity index (χ1v) is 9.92. The van der Waals surface area contributed by atoms with Gasteiger partial charge in [0.2, 0.25) is 30.0 Å². The number of carbonyl (C=O) groups is 3. The minimum Gasteiger partial charge on any atom is -1.00 e.